The van der Waals surface area contributed by atoms with Gasteiger partial charge in [-0.1, -0.05) is 68.4 Å². The van der Waals surface area contributed by atoms with Gasteiger partial charge in [-0.05, 0) is 83.5 Å². The van der Waals surface area contributed by atoms with E-state index in [-0.39, 0.29) is 34.9 Å². The second-order valence-corrected chi connectivity index (χ2v) is 13.1. The fraction of sp³-hybridized carbons (Fsp3) is 0.688. The third-order valence-corrected chi connectivity index (χ3v) is 9.39. The van der Waals surface area contributed by atoms with Crippen molar-refractivity contribution in [1.82, 2.24) is 0 Å². The van der Waals surface area contributed by atoms with Gasteiger partial charge in [0.05, 0.1) is 5.60 Å². The monoisotopic (exact) mass is 496 g/mol. The van der Waals surface area contributed by atoms with Crippen LogP contribution in [0, 0.1) is 34.5 Å². The Balaban J connectivity index is 2.04. The molecule has 3 rings (SSSR count). The van der Waals surface area contributed by atoms with Crippen LogP contribution in [0.15, 0.2) is 47.6 Å². The highest BCUT2D eigenvalue weighted by Crippen LogP contribution is 2.60. The van der Waals surface area contributed by atoms with Gasteiger partial charge in [0, 0.05) is 24.2 Å². The molecular formula is C32H48O4. The van der Waals surface area contributed by atoms with Gasteiger partial charge >= 0.3 is 5.97 Å². The highest BCUT2D eigenvalue weighted by molar-refractivity contribution is 5.92. The van der Waals surface area contributed by atoms with Crippen molar-refractivity contribution in [2.45, 2.75) is 106 Å². The van der Waals surface area contributed by atoms with Crippen molar-refractivity contribution in [2.24, 2.45) is 34.5 Å². The van der Waals surface area contributed by atoms with Crippen molar-refractivity contribution in [1.29, 1.82) is 0 Å². The molecule has 36 heavy (non-hydrogen) atoms. The smallest absolute Gasteiger partial charge is 0.303 e. The summed E-state index contributed by atoms with van der Waals surface area (Å²) in [6.45, 7) is 20.3. The topological polar surface area (TPSA) is 63.6 Å². The average Bonchev–Trinajstić information content (AvgIpc) is 2.76. The molecule has 7 unspecified atom stereocenters. The van der Waals surface area contributed by atoms with Crippen LogP contribution in [0.1, 0.15) is 93.9 Å². The third-order valence-electron chi connectivity index (χ3n) is 9.39. The number of carbonyl (C=O) groups is 2. The molecule has 3 aliphatic rings. The van der Waals surface area contributed by atoms with E-state index in [0.29, 0.717) is 6.42 Å². The van der Waals surface area contributed by atoms with Gasteiger partial charge in [0.1, 0.15) is 0 Å². The predicted octanol–water partition coefficient (Wildman–Crippen LogP) is 7.14. The summed E-state index contributed by atoms with van der Waals surface area (Å²) in [5, 5.41) is 11.1. The van der Waals surface area contributed by atoms with Crippen LogP contribution < -0.4 is 0 Å². The summed E-state index contributed by atoms with van der Waals surface area (Å²) in [4.78, 5) is 26.9. The van der Waals surface area contributed by atoms with Gasteiger partial charge in [-0.15, -0.1) is 0 Å². The standard InChI is InChI=1S/C32H48O4/c1-20(2)11-10-17-31(8,35)18-16-26-22(4)13-15-24-14-12-21(3)25-19-30(6,7)27(25)28(36-23(5)33)29(34)32(24,26)9/h11,13,16,18,24-28,35H,3,10,12,14-15,17,19H2,1-2,4-9H3/b18-16+. The van der Waals surface area contributed by atoms with Gasteiger partial charge in [0.2, 0.25) is 0 Å². The molecule has 1 N–H and O–H groups in total. The largest absolute Gasteiger partial charge is 0.454 e. The van der Waals surface area contributed by atoms with Crippen LogP contribution in [0.25, 0.3) is 0 Å². The number of ketones is 1. The first-order chi connectivity index (χ1) is 16.6. The predicted molar refractivity (Wildman–Crippen MR) is 146 cm³/mol. The number of carbonyl (C=O) groups excluding carboxylic acids is 2. The minimum absolute atomic E-state index is 0.0338. The van der Waals surface area contributed by atoms with Gasteiger partial charge in [-0.25, -0.2) is 0 Å². The zero-order valence-electron chi connectivity index (χ0n) is 23.8. The molecule has 2 fully saturated rings. The van der Waals surface area contributed by atoms with Crippen LogP contribution in [-0.4, -0.2) is 28.6 Å². The van der Waals surface area contributed by atoms with Crippen molar-refractivity contribution in [3.63, 3.8) is 0 Å². The molecule has 200 valence electrons. The van der Waals surface area contributed by atoms with E-state index in [1.807, 2.05) is 13.0 Å². The number of rotatable bonds is 6. The molecule has 4 nitrogen and oxygen atoms in total. The normalized spacial score (nSPS) is 35.7. The lowest BCUT2D eigenvalue weighted by Gasteiger charge is -2.55. The van der Waals surface area contributed by atoms with E-state index in [9.17, 15) is 14.7 Å². The molecule has 0 saturated heterocycles. The first-order valence-electron chi connectivity index (χ1n) is 13.7. The number of ether oxygens (including phenoxy) is 1. The number of hydrogen-bond donors (Lipinski definition) is 1. The maximum absolute atomic E-state index is 14.6. The van der Waals surface area contributed by atoms with Crippen molar-refractivity contribution in [3.05, 3.63) is 47.6 Å². The molecule has 0 aromatic heterocycles. The van der Waals surface area contributed by atoms with Crippen LogP contribution in [0.4, 0.5) is 0 Å². The summed E-state index contributed by atoms with van der Waals surface area (Å²) >= 11 is 0. The fourth-order valence-electron chi connectivity index (χ4n) is 7.14. The lowest BCUT2D eigenvalue weighted by atomic mass is 9.50. The number of aliphatic hydroxyl groups is 1. The van der Waals surface area contributed by atoms with E-state index >= 15 is 0 Å². The van der Waals surface area contributed by atoms with Gasteiger partial charge in [-0.3, -0.25) is 9.59 Å². The van der Waals surface area contributed by atoms with Gasteiger partial charge in [-0.2, -0.15) is 0 Å². The van der Waals surface area contributed by atoms with Crippen molar-refractivity contribution in [3.8, 4) is 0 Å². The lowest BCUT2D eigenvalue weighted by molar-refractivity contribution is -0.176. The summed E-state index contributed by atoms with van der Waals surface area (Å²) < 4.78 is 5.90. The number of Topliss-reactive ketones (excluding diaryl/α,β-unsaturated/α-hetero) is 1. The second-order valence-electron chi connectivity index (χ2n) is 13.1. The molecule has 4 heteroatoms. The van der Waals surface area contributed by atoms with Crippen molar-refractivity contribution < 1.29 is 19.4 Å². The van der Waals surface area contributed by atoms with E-state index < -0.39 is 23.1 Å². The molecule has 3 aliphatic carbocycles. The van der Waals surface area contributed by atoms with E-state index in [1.54, 1.807) is 0 Å². The SMILES string of the molecule is C=C1CCC2CC=C(C)C(/C=C/C(C)(O)CCC=C(C)C)C2(C)C(=O)C(OC(C)=O)C2C1CC2(C)C. The summed E-state index contributed by atoms with van der Waals surface area (Å²) in [6, 6.07) is 0. The molecule has 0 amide bonds. The molecule has 7 atom stereocenters. The average molecular weight is 497 g/mol. The fourth-order valence-corrected chi connectivity index (χ4v) is 7.14. The number of allylic oxidation sites excluding steroid dienone is 6. The minimum atomic E-state index is -0.971. The Morgan fingerprint density at radius 1 is 1.28 bits per heavy atom. The highest BCUT2D eigenvalue weighted by Gasteiger charge is 2.60. The Morgan fingerprint density at radius 2 is 1.94 bits per heavy atom. The van der Waals surface area contributed by atoms with Crippen molar-refractivity contribution in [2.75, 3.05) is 0 Å². The molecule has 2 saturated carbocycles. The first kappa shape index (κ1) is 28.6. The Kier molecular flexibility index (Phi) is 8.30. The Bertz CT molecular complexity index is 974. The van der Waals surface area contributed by atoms with Crippen LogP contribution in [0.3, 0.4) is 0 Å². The molecule has 0 heterocycles. The molecular weight excluding hydrogens is 448 g/mol. The van der Waals surface area contributed by atoms with Gasteiger partial charge < -0.3 is 9.84 Å². The second kappa shape index (κ2) is 10.4. The quantitative estimate of drug-likeness (QED) is 0.313. The maximum atomic E-state index is 14.6. The Labute approximate surface area is 219 Å². The number of esters is 1. The molecule has 0 aromatic carbocycles. The van der Waals surface area contributed by atoms with Crippen LogP contribution in [0.5, 0.6) is 0 Å². The molecule has 0 spiro atoms. The Hall–Kier alpha value is -1.94. The van der Waals surface area contributed by atoms with E-state index in [0.717, 1.165) is 37.7 Å². The van der Waals surface area contributed by atoms with E-state index in [1.165, 1.54) is 18.1 Å². The first-order valence-corrected chi connectivity index (χ1v) is 13.7. The summed E-state index contributed by atoms with van der Waals surface area (Å²) in [5.74, 6) is -0.265. The minimum Gasteiger partial charge on any atom is -0.454 e. The Morgan fingerprint density at radius 3 is 2.53 bits per heavy atom. The summed E-state index contributed by atoms with van der Waals surface area (Å²) in [6.07, 6.45) is 12.6. The van der Waals surface area contributed by atoms with Crippen LogP contribution in [-0.2, 0) is 14.3 Å². The third kappa shape index (κ3) is 5.64. The molecule has 0 aromatic rings. The highest BCUT2D eigenvalue weighted by atomic mass is 16.5. The number of fused-ring (bicyclic) bond motifs is 2. The van der Waals surface area contributed by atoms with Crippen LogP contribution >= 0.6 is 0 Å². The maximum Gasteiger partial charge on any atom is 0.303 e. The number of hydrogen-bond acceptors (Lipinski definition) is 4. The van der Waals surface area contributed by atoms with Crippen molar-refractivity contribution >= 4 is 11.8 Å². The lowest BCUT2D eigenvalue weighted by Crippen LogP contribution is -2.58. The van der Waals surface area contributed by atoms with Gasteiger partial charge in [0.25, 0.3) is 0 Å². The molecule has 0 aliphatic heterocycles. The van der Waals surface area contributed by atoms with E-state index in [4.69, 9.17) is 4.74 Å². The summed E-state index contributed by atoms with van der Waals surface area (Å²) in [7, 11) is 0. The zero-order chi connectivity index (χ0) is 27.1. The zero-order valence-corrected chi connectivity index (χ0v) is 23.8. The summed E-state index contributed by atoms with van der Waals surface area (Å²) in [5.41, 5.74) is 1.77. The van der Waals surface area contributed by atoms with Gasteiger partial charge in [0.15, 0.2) is 11.9 Å². The molecule has 0 radical (unpaired) electrons. The molecule has 0 bridgehead atoms. The van der Waals surface area contributed by atoms with Crippen LogP contribution in [0.2, 0.25) is 0 Å². The van der Waals surface area contributed by atoms with E-state index in [2.05, 4.69) is 66.3 Å².